The third kappa shape index (κ3) is 1.55. The molecule has 0 spiro atoms. The van der Waals surface area contributed by atoms with Crippen molar-refractivity contribution in [1.82, 2.24) is 4.90 Å². The van der Waals surface area contributed by atoms with E-state index in [0.717, 1.165) is 0 Å². The zero-order valence-electron chi connectivity index (χ0n) is 6.73. The molecule has 2 unspecified atom stereocenters. The molecule has 5 nitrogen and oxygen atoms in total. The van der Waals surface area contributed by atoms with Gasteiger partial charge in [0.1, 0.15) is 6.04 Å². The molecule has 0 radical (unpaired) electrons. The highest BCUT2D eigenvalue weighted by Crippen LogP contribution is 2.21. The second-order valence-corrected chi connectivity index (χ2v) is 3.06. The molecule has 0 aromatic heterocycles. The predicted octanol–water partition coefficient (Wildman–Crippen LogP) is -0.524. The van der Waals surface area contributed by atoms with Crippen molar-refractivity contribution < 1.29 is 19.8 Å². The van der Waals surface area contributed by atoms with Crippen molar-refractivity contribution >= 4 is 11.9 Å². The Balaban J connectivity index is 2.62. The quantitative estimate of drug-likeness (QED) is 0.587. The maximum absolute atomic E-state index is 10.5. The summed E-state index contributed by atoms with van der Waals surface area (Å²) in [6.07, 6.45) is 0.209. The third-order valence-corrected chi connectivity index (χ3v) is 2.18. The minimum atomic E-state index is -0.943. The lowest BCUT2D eigenvalue weighted by Gasteiger charge is -2.13. The third-order valence-electron chi connectivity index (χ3n) is 2.18. The van der Waals surface area contributed by atoms with Crippen LogP contribution in [0.3, 0.4) is 0 Å². The monoisotopic (exact) mass is 173 g/mol. The lowest BCUT2D eigenvalue weighted by Crippen LogP contribution is -2.32. The average Bonchev–Trinajstić information content (AvgIpc) is 2.30. The van der Waals surface area contributed by atoms with E-state index >= 15 is 0 Å². The first kappa shape index (κ1) is 8.99. The first-order chi connectivity index (χ1) is 5.52. The number of nitrogens with zero attached hydrogens (tertiary/aromatic N) is 1. The van der Waals surface area contributed by atoms with Gasteiger partial charge >= 0.3 is 11.9 Å². The van der Waals surface area contributed by atoms with E-state index in [9.17, 15) is 9.59 Å². The van der Waals surface area contributed by atoms with E-state index in [4.69, 9.17) is 10.2 Å². The molecule has 0 amide bonds. The van der Waals surface area contributed by atoms with Crippen molar-refractivity contribution in [2.45, 2.75) is 12.5 Å². The van der Waals surface area contributed by atoms with Gasteiger partial charge in [-0.15, -0.1) is 0 Å². The van der Waals surface area contributed by atoms with Crippen LogP contribution in [0.15, 0.2) is 0 Å². The number of carboxylic acid groups (broad SMARTS) is 2. The molecule has 1 heterocycles. The fourth-order valence-corrected chi connectivity index (χ4v) is 1.47. The Bertz CT molecular complexity index is 215. The Hall–Kier alpha value is -1.10. The number of aliphatic carboxylic acids is 2. The molecule has 2 atom stereocenters. The van der Waals surface area contributed by atoms with Crippen molar-refractivity contribution in [3.8, 4) is 0 Å². The Morgan fingerprint density at radius 3 is 2.17 bits per heavy atom. The maximum Gasteiger partial charge on any atom is 0.320 e. The lowest BCUT2D eigenvalue weighted by atomic mass is 10.1. The molecule has 1 fully saturated rings. The van der Waals surface area contributed by atoms with Gasteiger partial charge < -0.3 is 10.2 Å². The van der Waals surface area contributed by atoms with Crippen LogP contribution in [0.1, 0.15) is 6.42 Å². The molecular formula is C7H11NO4. The number of rotatable bonds is 2. The molecule has 1 aliphatic rings. The van der Waals surface area contributed by atoms with Crippen LogP contribution in [0, 0.1) is 5.92 Å². The number of hydrogen-bond acceptors (Lipinski definition) is 3. The van der Waals surface area contributed by atoms with E-state index in [2.05, 4.69) is 0 Å². The summed E-state index contributed by atoms with van der Waals surface area (Å²) < 4.78 is 0. The Morgan fingerprint density at radius 1 is 1.33 bits per heavy atom. The summed E-state index contributed by atoms with van der Waals surface area (Å²) in [6, 6.07) is -0.633. The molecule has 0 aromatic carbocycles. The topological polar surface area (TPSA) is 77.8 Å². The number of carbonyl (C=O) groups is 2. The number of hydrogen-bond donors (Lipinski definition) is 2. The molecule has 0 aliphatic carbocycles. The van der Waals surface area contributed by atoms with Crippen molar-refractivity contribution in [3.63, 3.8) is 0 Å². The molecule has 1 saturated heterocycles. The highest BCUT2D eigenvalue weighted by Gasteiger charge is 2.37. The highest BCUT2D eigenvalue weighted by molar-refractivity contribution is 5.77. The fraction of sp³-hybridized carbons (Fsp3) is 0.714. The van der Waals surface area contributed by atoms with Gasteiger partial charge in [0.15, 0.2) is 0 Å². The van der Waals surface area contributed by atoms with E-state index in [1.54, 1.807) is 11.9 Å². The first-order valence-corrected chi connectivity index (χ1v) is 3.68. The van der Waals surface area contributed by atoms with Crippen LogP contribution >= 0.6 is 0 Å². The first-order valence-electron chi connectivity index (χ1n) is 3.68. The molecule has 12 heavy (non-hydrogen) atoms. The van der Waals surface area contributed by atoms with Crippen LogP contribution < -0.4 is 0 Å². The summed E-state index contributed by atoms with van der Waals surface area (Å²) in [5.74, 6) is -2.39. The van der Waals surface area contributed by atoms with Gasteiger partial charge in [-0.05, 0) is 13.5 Å². The zero-order chi connectivity index (χ0) is 9.30. The molecule has 0 bridgehead atoms. The predicted molar refractivity (Wildman–Crippen MR) is 39.8 cm³/mol. The van der Waals surface area contributed by atoms with Crippen LogP contribution in [-0.4, -0.2) is 46.7 Å². The zero-order valence-corrected chi connectivity index (χ0v) is 6.73. The normalized spacial score (nSPS) is 30.4. The van der Waals surface area contributed by atoms with Crippen LogP contribution in [0.4, 0.5) is 0 Å². The summed E-state index contributed by atoms with van der Waals surface area (Å²) >= 11 is 0. The van der Waals surface area contributed by atoms with Gasteiger partial charge in [-0.2, -0.15) is 0 Å². The fourth-order valence-electron chi connectivity index (χ4n) is 1.47. The Kier molecular flexibility index (Phi) is 2.32. The molecule has 68 valence electrons. The van der Waals surface area contributed by atoms with Crippen molar-refractivity contribution in [2.24, 2.45) is 5.92 Å². The van der Waals surface area contributed by atoms with Gasteiger partial charge in [-0.1, -0.05) is 0 Å². The molecular weight excluding hydrogens is 162 g/mol. The number of likely N-dealkylation sites (tertiary alicyclic amines) is 1. The van der Waals surface area contributed by atoms with Gasteiger partial charge in [0.2, 0.25) is 0 Å². The van der Waals surface area contributed by atoms with E-state index in [1.165, 1.54) is 0 Å². The average molecular weight is 173 g/mol. The van der Waals surface area contributed by atoms with Gasteiger partial charge in [0, 0.05) is 6.54 Å². The second kappa shape index (κ2) is 3.10. The summed E-state index contributed by atoms with van der Waals surface area (Å²) in [5, 5.41) is 17.3. The lowest BCUT2D eigenvalue weighted by molar-refractivity contribution is -0.141. The molecule has 1 rings (SSSR count). The summed E-state index contributed by atoms with van der Waals surface area (Å²) in [5.41, 5.74) is 0. The van der Waals surface area contributed by atoms with Crippen LogP contribution in [0.5, 0.6) is 0 Å². The summed E-state index contributed by atoms with van der Waals surface area (Å²) in [7, 11) is 1.63. The van der Waals surface area contributed by atoms with E-state index in [1.807, 2.05) is 0 Å². The van der Waals surface area contributed by atoms with Gasteiger partial charge in [0.05, 0.1) is 5.92 Å². The highest BCUT2D eigenvalue weighted by atomic mass is 16.4. The molecule has 1 aliphatic heterocycles. The molecule has 5 heteroatoms. The van der Waals surface area contributed by atoms with E-state index in [0.29, 0.717) is 6.54 Å². The van der Waals surface area contributed by atoms with Gasteiger partial charge in [-0.3, -0.25) is 14.5 Å². The smallest absolute Gasteiger partial charge is 0.320 e. The maximum atomic E-state index is 10.5. The van der Waals surface area contributed by atoms with Crippen LogP contribution in [-0.2, 0) is 9.59 Å². The van der Waals surface area contributed by atoms with E-state index in [-0.39, 0.29) is 6.42 Å². The van der Waals surface area contributed by atoms with Gasteiger partial charge in [-0.25, -0.2) is 0 Å². The van der Waals surface area contributed by atoms with Crippen molar-refractivity contribution in [1.29, 1.82) is 0 Å². The Morgan fingerprint density at radius 2 is 1.92 bits per heavy atom. The molecule has 2 N–H and O–H groups in total. The second-order valence-electron chi connectivity index (χ2n) is 3.06. The molecule has 0 aromatic rings. The minimum absolute atomic E-state index is 0.209. The summed E-state index contributed by atoms with van der Waals surface area (Å²) in [4.78, 5) is 22.6. The van der Waals surface area contributed by atoms with Gasteiger partial charge in [0.25, 0.3) is 0 Å². The number of carboxylic acids is 2. The standard InChI is InChI=1S/C7H11NO4/c1-8-3-4(6(9)10)2-5(8)7(11)12/h4-5H,2-3H2,1H3,(H,9,10)(H,11,12). The minimum Gasteiger partial charge on any atom is -0.481 e. The van der Waals surface area contributed by atoms with E-state index < -0.39 is 23.9 Å². The largest absolute Gasteiger partial charge is 0.481 e. The van der Waals surface area contributed by atoms with Crippen molar-refractivity contribution in [3.05, 3.63) is 0 Å². The number of likely N-dealkylation sites (N-methyl/N-ethyl adjacent to an activating group) is 1. The Labute approximate surface area is 69.6 Å². The van der Waals surface area contributed by atoms with Crippen molar-refractivity contribution in [2.75, 3.05) is 13.6 Å². The summed E-state index contributed by atoms with van der Waals surface area (Å²) in [6.45, 7) is 0.326. The van der Waals surface area contributed by atoms with Crippen LogP contribution in [0.25, 0.3) is 0 Å². The molecule has 0 saturated carbocycles. The SMILES string of the molecule is CN1CC(C(=O)O)CC1C(=O)O. The van der Waals surface area contributed by atoms with Crippen LogP contribution in [0.2, 0.25) is 0 Å².